The summed E-state index contributed by atoms with van der Waals surface area (Å²) in [4.78, 5) is 2.69. The van der Waals surface area contributed by atoms with Gasteiger partial charge in [0.25, 0.3) is 0 Å². The number of ether oxygens (including phenoxy) is 1. The van der Waals surface area contributed by atoms with Crippen molar-refractivity contribution in [1.29, 1.82) is 0 Å². The molecule has 0 aromatic rings. The number of nitrogens with zero attached hydrogens (tertiary/aromatic N) is 1. The van der Waals surface area contributed by atoms with E-state index < -0.39 is 0 Å². The molecule has 2 fully saturated rings. The Hall–Kier alpha value is -0.120. The van der Waals surface area contributed by atoms with Crippen LogP contribution in [0.1, 0.15) is 39.5 Å². The smallest absolute Gasteiger partial charge is 0.0468 e. The van der Waals surface area contributed by atoms with E-state index in [1.54, 1.807) is 0 Å². The molecule has 1 saturated heterocycles. The molecule has 0 aromatic carbocycles. The summed E-state index contributed by atoms with van der Waals surface area (Å²) in [6.45, 7) is 10.5. The van der Waals surface area contributed by atoms with Crippen molar-refractivity contribution in [3.05, 3.63) is 0 Å². The van der Waals surface area contributed by atoms with E-state index in [9.17, 15) is 0 Å². The van der Waals surface area contributed by atoms with Gasteiger partial charge < -0.3 is 10.1 Å². The van der Waals surface area contributed by atoms with Crippen LogP contribution in [0.4, 0.5) is 0 Å². The van der Waals surface area contributed by atoms with Crippen molar-refractivity contribution in [3.63, 3.8) is 0 Å². The molecule has 0 spiro atoms. The molecule has 106 valence electrons. The fourth-order valence-electron chi connectivity index (χ4n) is 3.11. The Kier molecular flexibility index (Phi) is 5.05. The third-order valence-corrected chi connectivity index (χ3v) is 4.97. The Bertz CT molecular complexity index is 253. The molecule has 3 nitrogen and oxygen atoms in total. The molecule has 0 bridgehead atoms. The third kappa shape index (κ3) is 3.69. The Balaban J connectivity index is 1.79. The van der Waals surface area contributed by atoms with Gasteiger partial charge in [0.15, 0.2) is 0 Å². The first-order chi connectivity index (χ1) is 8.69. The molecular formula is C15H30N2O. The van der Waals surface area contributed by atoms with Crippen molar-refractivity contribution in [2.75, 3.05) is 39.9 Å². The topological polar surface area (TPSA) is 24.5 Å². The van der Waals surface area contributed by atoms with Crippen LogP contribution >= 0.6 is 0 Å². The first-order valence-electron chi connectivity index (χ1n) is 7.64. The summed E-state index contributed by atoms with van der Waals surface area (Å²) >= 11 is 0. The van der Waals surface area contributed by atoms with Crippen molar-refractivity contribution in [2.24, 2.45) is 11.3 Å². The molecule has 3 heteroatoms. The lowest BCUT2D eigenvalue weighted by Gasteiger charge is -2.38. The van der Waals surface area contributed by atoms with E-state index in [1.807, 2.05) is 7.11 Å². The van der Waals surface area contributed by atoms with Gasteiger partial charge in [0.05, 0.1) is 0 Å². The van der Waals surface area contributed by atoms with E-state index in [0.29, 0.717) is 11.5 Å². The summed E-state index contributed by atoms with van der Waals surface area (Å²) < 4.78 is 5.25. The second-order valence-electron chi connectivity index (χ2n) is 6.42. The molecule has 2 atom stereocenters. The lowest BCUT2D eigenvalue weighted by Crippen LogP contribution is -2.54. The largest absolute Gasteiger partial charge is 0.385 e. The van der Waals surface area contributed by atoms with Crippen molar-refractivity contribution in [2.45, 2.75) is 45.6 Å². The Morgan fingerprint density at radius 3 is 2.83 bits per heavy atom. The van der Waals surface area contributed by atoms with Gasteiger partial charge in [-0.2, -0.15) is 0 Å². The lowest BCUT2D eigenvalue weighted by molar-refractivity contribution is 0.117. The van der Waals surface area contributed by atoms with Crippen LogP contribution in [-0.2, 0) is 4.74 Å². The number of piperazine rings is 1. The minimum Gasteiger partial charge on any atom is -0.385 e. The molecule has 2 aliphatic rings. The van der Waals surface area contributed by atoms with Crippen molar-refractivity contribution >= 4 is 0 Å². The average Bonchev–Trinajstić information content (AvgIpc) is 3.16. The van der Waals surface area contributed by atoms with Gasteiger partial charge in [0.1, 0.15) is 0 Å². The van der Waals surface area contributed by atoms with E-state index in [-0.39, 0.29) is 0 Å². The summed E-state index contributed by atoms with van der Waals surface area (Å²) in [5.74, 6) is 0.793. The van der Waals surface area contributed by atoms with E-state index in [2.05, 4.69) is 24.1 Å². The predicted octanol–water partition coefficient (Wildman–Crippen LogP) is 2.12. The molecule has 1 heterocycles. The van der Waals surface area contributed by atoms with Crippen LogP contribution in [0.5, 0.6) is 0 Å². The maximum atomic E-state index is 5.25. The summed E-state index contributed by atoms with van der Waals surface area (Å²) in [5.41, 5.74) is 0.605. The highest BCUT2D eigenvalue weighted by atomic mass is 16.5. The Labute approximate surface area is 112 Å². The van der Waals surface area contributed by atoms with Gasteiger partial charge in [-0.3, -0.25) is 4.90 Å². The van der Waals surface area contributed by atoms with Crippen molar-refractivity contribution < 1.29 is 4.74 Å². The van der Waals surface area contributed by atoms with E-state index in [1.165, 1.54) is 45.3 Å². The Morgan fingerprint density at radius 2 is 2.22 bits per heavy atom. The minimum absolute atomic E-state index is 0.605. The standard InChI is InChI=1S/C15H30N2O/c1-4-13(2)14-11-17(9-8-16-14)12-15(5-6-15)7-10-18-3/h13-14,16H,4-12H2,1-3H3. The van der Waals surface area contributed by atoms with Crippen LogP contribution in [0.25, 0.3) is 0 Å². The molecule has 1 aliphatic carbocycles. The first kappa shape index (κ1) is 14.3. The van der Waals surface area contributed by atoms with Crippen LogP contribution in [0.15, 0.2) is 0 Å². The molecule has 1 saturated carbocycles. The molecule has 2 rings (SSSR count). The van der Waals surface area contributed by atoms with Crippen molar-refractivity contribution in [1.82, 2.24) is 10.2 Å². The predicted molar refractivity (Wildman–Crippen MR) is 75.8 cm³/mol. The normalized spacial score (nSPS) is 29.2. The minimum atomic E-state index is 0.605. The number of nitrogens with one attached hydrogen (secondary N) is 1. The summed E-state index contributed by atoms with van der Waals surface area (Å²) in [6.07, 6.45) is 5.35. The van der Waals surface area contributed by atoms with E-state index in [0.717, 1.165) is 19.1 Å². The van der Waals surface area contributed by atoms with Crippen LogP contribution in [0, 0.1) is 11.3 Å². The summed E-state index contributed by atoms with van der Waals surface area (Å²) in [5, 5.41) is 3.68. The van der Waals surface area contributed by atoms with Crippen LogP contribution in [-0.4, -0.2) is 50.8 Å². The summed E-state index contributed by atoms with van der Waals surface area (Å²) in [6, 6.07) is 0.696. The van der Waals surface area contributed by atoms with E-state index >= 15 is 0 Å². The highest BCUT2D eigenvalue weighted by Gasteiger charge is 2.43. The van der Waals surface area contributed by atoms with Gasteiger partial charge in [0, 0.05) is 45.9 Å². The van der Waals surface area contributed by atoms with Crippen molar-refractivity contribution in [3.8, 4) is 0 Å². The second kappa shape index (κ2) is 6.36. The molecular weight excluding hydrogens is 224 g/mol. The number of methoxy groups -OCH3 is 1. The fourth-order valence-corrected chi connectivity index (χ4v) is 3.11. The first-order valence-corrected chi connectivity index (χ1v) is 7.64. The average molecular weight is 254 g/mol. The highest BCUT2D eigenvalue weighted by Crippen LogP contribution is 2.49. The zero-order valence-corrected chi connectivity index (χ0v) is 12.4. The monoisotopic (exact) mass is 254 g/mol. The van der Waals surface area contributed by atoms with Gasteiger partial charge in [0.2, 0.25) is 0 Å². The van der Waals surface area contributed by atoms with Crippen LogP contribution < -0.4 is 5.32 Å². The summed E-state index contributed by atoms with van der Waals surface area (Å²) in [7, 11) is 1.82. The third-order valence-electron chi connectivity index (χ3n) is 4.97. The quantitative estimate of drug-likeness (QED) is 0.753. The highest BCUT2D eigenvalue weighted by molar-refractivity contribution is 4.97. The molecule has 0 amide bonds. The molecule has 2 unspecified atom stereocenters. The fraction of sp³-hybridized carbons (Fsp3) is 1.00. The number of hydrogen-bond acceptors (Lipinski definition) is 3. The lowest BCUT2D eigenvalue weighted by atomic mass is 9.95. The van der Waals surface area contributed by atoms with E-state index in [4.69, 9.17) is 4.74 Å². The maximum Gasteiger partial charge on any atom is 0.0468 e. The molecule has 0 radical (unpaired) electrons. The van der Waals surface area contributed by atoms with Gasteiger partial charge in [-0.25, -0.2) is 0 Å². The van der Waals surface area contributed by atoms with Gasteiger partial charge >= 0.3 is 0 Å². The van der Waals surface area contributed by atoms with Gasteiger partial charge in [-0.05, 0) is 30.6 Å². The molecule has 0 aromatic heterocycles. The molecule has 18 heavy (non-hydrogen) atoms. The SMILES string of the molecule is CCC(C)C1CN(CC2(CCOC)CC2)CCN1. The zero-order valence-electron chi connectivity index (χ0n) is 12.4. The molecule has 1 N–H and O–H groups in total. The number of rotatable bonds is 7. The zero-order chi connectivity index (χ0) is 13.0. The molecule has 1 aliphatic heterocycles. The van der Waals surface area contributed by atoms with Gasteiger partial charge in [-0.1, -0.05) is 20.3 Å². The maximum absolute atomic E-state index is 5.25. The van der Waals surface area contributed by atoms with Crippen LogP contribution in [0.2, 0.25) is 0 Å². The van der Waals surface area contributed by atoms with Gasteiger partial charge in [-0.15, -0.1) is 0 Å². The second-order valence-corrected chi connectivity index (χ2v) is 6.42. The number of hydrogen-bond donors (Lipinski definition) is 1. The van der Waals surface area contributed by atoms with Crippen LogP contribution in [0.3, 0.4) is 0 Å². The Morgan fingerprint density at radius 1 is 1.44 bits per heavy atom.